The molecule has 24 heavy (non-hydrogen) atoms. The molecule has 7 nitrogen and oxygen atoms in total. The monoisotopic (exact) mass is 330 g/mol. The van der Waals surface area contributed by atoms with Crippen molar-refractivity contribution in [2.45, 2.75) is 58.6 Å². The second-order valence-electron chi connectivity index (χ2n) is 6.87. The average Bonchev–Trinajstić information content (AvgIpc) is 3.05. The molecule has 0 radical (unpaired) electrons. The minimum atomic E-state index is -0.989. The largest absolute Gasteiger partial charge is 0.382 e. The van der Waals surface area contributed by atoms with Crippen LogP contribution in [-0.4, -0.2) is 43.2 Å². The topological polar surface area (TPSA) is 80.0 Å². The summed E-state index contributed by atoms with van der Waals surface area (Å²) in [7, 11) is 0. The van der Waals surface area contributed by atoms with Crippen molar-refractivity contribution in [1.82, 2.24) is 25.0 Å². The van der Waals surface area contributed by atoms with Crippen molar-refractivity contribution in [1.29, 1.82) is 0 Å². The molecule has 1 aliphatic rings. The molecule has 0 spiro atoms. The number of aryl methyl sites for hydroxylation is 2. The molecule has 1 N–H and O–H groups in total. The van der Waals surface area contributed by atoms with Crippen molar-refractivity contribution < 1.29 is 5.11 Å². The van der Waals surface area contributed by atoms with Crippen molar-refractivity contribution in [2.75, 3.05) is 18.0 Å². The first-order chi connectivity index (χ1) is 11.4. The molecular formula is C17H26N6O. The second kappa shape index (κ2) is 6.47. The van der Waals surface area contributed by atoms with Crippen molar-refractivity contribution in [3.8, 4) is 0 Å². The summed E-state index contributed by atoms with van der Waals surface area (Å²) in [5.41, 5.74) is 0.607. The second-order valence-corrected chi connectivity index (χ2v) is 6.87. The third kappa shape index (κ3) is 3.26. The van der Waals surface area contributed by atoms with Gasteiger partial charge in [0, 0.05) is 30.8 Å². The van der Waals surface area contributed by atoms with E-state index < -0.39 is 5.60 Å². The molecule has 2 aromatic heterocycles. The number of aromatic nitrogens is 5. The molecule has 0 aromatic carbocycles. The highest BCUT2D eigenvalue weighted by Gasteiger charge is 2.38. The van der Waals surface area contributed by atoms with E-state index in [4.69, 9.17) is 0 Å². The Hall–Kier alpha value is -2.02. The minimum absolute atomic E-state index is 0.228. The van der Waals surface area contributed by atoms with Gasteiger partial charge in [0.1, 0.15) is 22.9 Å². The first-order valence-electron chi connectivity index (χ1n) is 8.65. The van der Waals surface area contributed by atoms with Gasteiger partial charge < -0.3 is 10.0 Å². The van der Waals surface area contributed by atoms with Crippen LogP contribution in [0.4, 0.5) is 5.82 Å². The van der Waals surface area contributed by atoms with E-state index in [1.165, 1.54) is 0 Å². The van der Waals surface area contributed by atoms with E-state index >= 15 is 0 Å². The smallest absolute Gasteiger partial charge is 0.132 e. The van der Waals surface area contributed by atoms with Crippen LogP contribution in [0, 0.1) is 6.92 Å². The number of piperidine rings is 1. The molecule has 0 unspecified atom stereocenters. The summed E-state index contributed by atoms with van der Waals surface area (Å²) in [6.45, 7) is 9.48. The zero-order chi connectivity index (χ0) is 17.3. The number of hydrogen-bond donors (Lipinski definition) is 1. The fraction of sp³-hybridized carbons (Fsp3) is 0.647. The fourth-order valence-electron chi connectivity index (χ4n) is 3.12. The predicted octanol–water partition coefficient (Wildman–Crippen LogP) is 2.01. The highest BCUT2D eigenvalue weighted by Crippen LogP contribution is 2.32. The molecule has 0 bridgehead atoms. The summed E-state index contributed by atoms with van der Waals surface area (Å²) in [4.78, 5) is 11.2. The van der Waals surface area contributed by atoms with Crippen LogP contribution >= 0.6 is 0 Å². The molecule has 1 fully saturated rings. The zero-order valence-corrected chi connectivity index (χ0v) is 14.9. The maximum absolute atomic E-state index is 11.2. The van der Waals surface area contributed by atoms with Crippen molar-refractivity contribution in [3.05, 3.63) is 29.5 Å². The zero-order valence-electron chi connectivity index (χ0n) is 14.9. The van der Waals surface area contributed by atoms with Crippen LogP contribution in [0.15, 0.2) is 12.3 Å². The molecule has 3 heterocycles. The summed E-state index contributed by atoms with van der Waals surface area (Å²) in [5, 5.41) is 19.5. The first kappa shape index (κ1) is 16.8. The Morgan fingerprint density at radius 1 is 1.33 bits per heavy atom. The molecule has 1 atom stereocenters. The van der Waals surface area contributed by atoms with Crippen LogP contribution in [0.1, 0.15) is 56.9 Å². The highest BCUT2D eigenvalue weighted by atomic mass is 16.3. The molecule has 2 aromatic rings. The van der Waals surface area contributed by atoms with Gasteiger partial charge in [-0.2, -0.15) is 0 Å². The van der Waals surface area contributed by atoms with Gasteiger partial charge in [0.15, 0.2) is 0 Å². The maximum Gasteiger partial charge on any atom is 0.132 e. The number of rotatable bonds is 4. The number of anilines is 1. The van der Waals surface area contributed by atoms with Crippen LogP contribution in [0.2, 0.25) is 0 Å². The molecule has 0 aliphatic carbocycles. The first-order valence-corrected chi connectivity index (χ1v) is 8.65. The summed E-state index contributed by atoms with van der Waals surface area (Å²) in [6.07, 6.45) is 4.23. The van der Waals surface area contributed by atoms with Crippen molar-refractivity contribution in [2.24, 2.45) is 0 Å². The molecule has 0 saturated carbocycles. The number of hydrogen-bond acceptors (Lipinski definition) is 6. The summed E-state index contributed by atoms with van der Waals surface area (Å²) < 4.78 is 1.79. The third-order valence-corrected chi connectivity index (χ3v) is 4.51. The van der Waals surface area contributed by atoms with E-state index in [-0.39, 0.29) is 6.04 Å². The molecule has 1 aliphatic heterocycles. The molecule has 0 amide bonds. The Morgan fingerprint density at radius 3 is 2.79 bits per heavy atom. The Labute approximate surface area is 142 Å². The van der Waals surface area contributed by atoms with Gasteiger partial charge in [-0.15, -0.1) is 5.10 Å². The Kier molecular flexibility index (Phi) is 4.54. The molecule has 7 heteroatoms. The predicted molar refractivity (Wildman–Crippen MR) is 91.9 cm³/mol. The molecule has 3 rings (SSSR count). The van der Waals surface area contributed by atoms with E-state index in [0.29, 0.717) is 18.7 Å². The van der Waals surface area contributed by atoms with E-state index in [0.717, 1.165) is 36.7 Å². The summed E-state index contributed by atoms with van der Waals surface area (Å²) in [5.74, 6) is 1.72. The van der Waals surface area contributed by atoms with Crippen molar-refractivity contribution >= 4 is 5.82 Å². The van der Waals surface area contributed by atoms with Crippen LogP contribution in [-0.2, 0) is 12.0 Å². The van der Waals surface area contributed by atoms with Crippen LogP contribution < -0.4 is 4.90 Å². The van der Waals surface area contributed by atoms with E-state index in [1.807, 2.05) is 33.0 Å². The van der Waals surface area contributed by atoms with E-state index in [2.05, 4.69) is 32.1 Å². The van der Waals surface area contributed by atoms with Crippen LogP contribution in [0.3, 0.4) is 0 Å². The summed E-state index contributed by atoms with van der Waals surface area (Å²) >= 11 is 0. The van der Waals surface area contributed by atoms with Gasteiger partial charge in [0.05, 0.1) is 12.7 Å². The highest BCUT2D eigenvalue weighted by molar-refractivity contribution is 5.41. The van der Waals surface area contributed by atoms with Gasteiger partial charge in [-0.3, -0.25) is 0 Å². The minimum Gasteiger partial charge on any atom is -0.382 e. The quantitative estimate of drug-likeness (QED) is 0.924. The van der Waals surface area contributed by atoms with Crippen LogP contribution in [0.5, 0.6) is 0 Å². The number of aliphatic hydroxyl groups is 1. The van der Waals surface area contributed by atoms with Gasteiger partial charge >= 0.3 is 0 Å². The lowest BCUT2D eigenvalue weighted by Gasteiger charge is -2.38. The third-order valence-electron chi connectivity index (χ3n) is 4.51. The lowest BCUT2D eigenvalue weighted by atomic mass is 9.90. The standard InChI is InChI=1S/C17H26N6O/c1-5-15-18-13(4)9-16(19-15)22-8-6-7-17(24,11-22)14-10-23(12(2)3)21-20-14/h9-10,12,24H,5-8,11H2,1-4H3/t17-/m0/s1. The van der Waals surface area contributed by atoms with Gasteiger partial charge in [0.25, 0.3) is 0 Å². The molecular weight excluding hydrogens is 304 g/mol. The van der Waals surface area contributed by atoms with E-state index in [9.17, 15) is 5.11 Å². The Bertz CT molecular complexity index is 713. The average molecular weight is 330 g/mol. The van der Waals surface area contributed by atoms with E-state index in [1.54, 1.807) is 4.68 Å². The van der Waals surface area contributed by atoms with Gasteiger partial charge in [0.2, 0.25) is 0 Å². The summed E-state index contributed by atoms with van der Waals surface area (Å²) in [6, 6.07) is 2.21. The maximum atomic E-state index is 11.2. The SMILES string of the molecule is CCc1nc(C)cc(N2CCC[C@@](O)(c3cn(C(C)C)nn3)C2)n1. The Morgan fingerprint density at radius 2 is 2.12 bits per heavy atom. The lowest BCUT2D eigenvalue weighted by Crippen LogP contribution is -2.47. The van der Waals surface area contributed by atoms with Crippen LogP contribution in [0.25, 0.3) is 0 Å². The molecule has 1 saturated heterocycles. The van der Waals surface area contributed by atoms with Gasteiger partial charge in [-0.05, 0) is 33.6 Å². The number of β-amino-alcohol motifs (C(OH)–C–C–N with tert-alkyl or cyclic N) is 1. The van der Waals surface area contributed by atoms with Gasteiger partial charge in [-0.1, -0.05) is 12.1 Å². The fourth-order valence-corrected chi connectivity index (χ4v) is 3.12. The van der Waals surface area contributed by atoms with Gasteiger partial charge in [-0.25, -0.2) is 14.6 Å². The number of nitrogens with zero attached hydrogens (tertiary/aromatic N) is 6. The lowest BCUT2D eigenvalue weighted by molar-refractivity contribution is 0.0174. The normalized spacial score (nSPS) is 21.5. The Balaban J connectivity index is 1.86. The molecule has 130 valence electrons. The van der Waals surface area contributed by atoms with Crippen molar-refractivity contribution in [3.63, 3.8) is 0 Å².